The van der Waals surface area contributed by atoms with Crippen LogP contribution in [0, 0.1) is 5.92 Å². The Balaban J connectivity index is 1.45. The van der Waals surface area contributed by atoms with E-state index in [9.17, 15) is 9.59 Å². The van der Waals surface area contributed by atoms with Crippen molar-refractivity contribution >= 4 is 23.5 Å². The highest BCUT2D eigenvalue weighted by Gasteiger charge is 2.34. The molecule has 2 N–H and O–H groups in total. The lowest BCUT2D eigenvalue weighted by Crippen LogP contribution is -2.35. The molecule has 7 nitrogen and oxygen atoms in total. The van der Waals surface area contributed by atoms with Gasteiger partial charge in [0.1, 0.15) is 0 Å². The zero-order valence-electron chi connectivity index (χ0n) is 13.2. The second kappa shape index (κ2) is 7.54. The first kappa shape index (κ1) is 15.9. The Bertz CT molecular complexity index is 693. The van der Waals surface area contributed by atoms with E-state index in [1.807, 2.05) is 30.3 Å². The van der Waals surface area contributed by atoms with Gasteiger partial charge in [0.2, 0.25) is 17.8 Å². The Morgan fingerprint density at radius 2 is 1.88 bits per heavy atom. The molecular formula is C17H19N5O2. The van der Waals surface area contributed by atoms with Crippen LogP contribution in [0.2, 0.25) is 0 Å². The molecule has 7 heteroatoms. The van der Waals surface area contributed by atoms with E-state index >= 15 is 0 Å². The Hall–Kier alpha value is -2.96. The maximum absolute atomic E-state index is 12.2. The lowest BCUT2D eigenvalue weighted by atomic mass is 10.1. The van der Waals surface area contributed by atoms with Gasteiger partial charge in [-0.1, -0.05) is 18.2 Å². The van der Waals surface area contributed by atoms with Gasteiger partial charge in [-0.2, -0.15) is 0 Å². The van der Waals surface area contributed by atoms with Gasteiger partial charge in [-0.05, 0) is 18.2 Å². The number of hydrogen-bond donors (Lipinski definition) is 2. The molecule has 0 saturated carbocycles. The van der Waals surface area contributed by atoms with Crippen LogP contribution in [-0.4, -0.2) is 41.4 Å². The van der Waals surface area contributed by atoms with E-state index in [0.29, 0.717) is 25.6 Å². The van der Waals surface area contributed by atoms with Gasteiger partial charge in [-0.3, -0.25) is 9.59 Å². The van der Waals surface area contributed by atoms with Crippen LogP contribution >= 0.6 is 0 Å². The molecular weight excluding hydrogens is 306 g/mol. The molecule has 0 aliphatic carbocycles. The van der Waals surface area contributed by atoms with Gasteiger partial charge in [0.05, 0.1) is 5.92 Å². The van der Waals surface area contributed by atoms with E-state index in [-0.39, 0.29) is 24.2 Å². The highest BCUT2D eigenvalue weighted by molar-refractivity contribution is 6.00. The summed E-state index contributed by atoms with van der Waals surface area (Å²) < 4.78 is 0. The molecule has 124 valence electrons. The molecule has 2 heterocycles. The van der Waals surface area contributed by atoms with Crippen molar-refractivity contribution in [1.29, 1.82) is 0 Å². The Labute approximate surface area is 140 Å². The second-order valence-electron chi connectivity index (χ2n) is 5.53. The quantitative estimate of drug-likeness (QED) is 0.776. The highest BCUT2D eigenvalue weighted by Crippen LogP contribution is 2.24. The Morgan fingerprint density at radius 3 is 2.62 bits per heavy atom. The van der Waals surface area contributed by atoms with Crippen molar-refractivity contribution in [2.75, 3.05) is 29.9 Å². The van der Waals surface area contributed by atoms with Gasteiger partial charge in [0.25, 0.3) is 0 Å². The van der Waals surface area contributed by atoms with Gasteiger partial charge in [-0.15, -0.1) is 0 Å². The zero-order chi connectivity index (χ0) is 16.8. The predicted molar refractivity (Wildman–Crippen MR) is 90.4 cm³/mol. The average molecular weight is 325 g/mol. The first-order valence-electron chi connectivity index (χ1n) is 7.88. The van der Waals surface area contributed by atoms with Crippen LogP contribution in [0.3, 0.4) is 0 Å². The monoisotopic (exact) mass is 325 g/mol. The number of para-hydroxylation sites is 1. The summed E-state index contributed by atoms with van der Waals surface area (Å²) in [6.45, 7) is 1.40. The Kier molecular flexibility index (Phi) is 5.00. The van der Waals surface area contributed by atoms with Gasteiger partial charge < -0.3 is 15.5 Å². The molecule has 3 rings (SSSR count). The Morgan fingerprint density at radius 1 is 1.12 bits per heavy atom. The number of amides is 2. The van der Waals surface area contributed by atoms with E-state index in [0.717, 1.165) is 5.69 Å². The van der Waals surface area contributed by atoms with Crippen LogP contribution in [0.15, 0.2) is 48.8 Å². The van der Waals surface area contributed by atoms with Crippen molar-refractivity contribution in [1.82, 2.24) is 15.3 Å². The van der Waals surface area contributed by atoms with Gasteiger partial charge in [0, 0.05) is 44.1 Å². The molecule has 0 spiro atoms. The lowest BCUT2D eigenvalue weighted by Gasteiger charge is -2.16. The summed E-state index contributed by atoms with van der Waals surface area (Å²) in [6.07, 6.45) is 3.54. The van der Waals surface area contributed by atoms with E-state index in [2.05, 4.69) is 20.6 Å². The molecule has 0 bridgehead atoms. The molecule has 24 heavy (non-hydrogen) atoms. The highest BCUT2D eigenvalue weighted by atomic mass is 16.2. The molecule has 1 aliphatic heterocycles. The fourth-order valence-electron chi connectivity index (χ4n) is 2.64. The van der Waals surface area contributed by atoms with Crippen LogP contribution in [-0.2, 0) is 9.59 Å². The van der Waals surface area contributed by atoms with E-state index in [4.69, 9.17) is 0 Å². The van der Waals surface area contributed by atoms with Crippen molar-refractivity contribution in [2.45, 2.75) is 6.42 Å². The smallest absolute Gasteiger partial charge is 0.227 e. The van der Waals surface area contributed by atoms with E-state index in [1.165, 1.54) is 0 Å². The minimum absolute atomic E-state index is 0.0165. The third-order valence-corrected chi connectivity index (χ3v) is 3.84. The standard InChI is InChI=1S/C17H19N5O2/c23-15-11-13(12-22(15)14-5-2-1-3-6-14)16(24)18-9-10-21-17-19-7-4-8-20-17/h1-8,13H,9-12H2,(H,18,24)(H,19,20,21)/t13-/m0/s1. The minimum atomic E-state index is -0.314. The molecule has 1 aromatic heterocycles. The number of benzene rings is 1. The third kappa shape index (κ3) is 3.87. The number of anilines is 2. The van der Waals surface area contributed by atoms with Gasteiger partial charge in [0.15, 0.2) is 0 Å². The number of aromatic nitrogens is 2. The van der Waals surface area contributed by atoms with Crippen LogP contribution in [0.1, 0.15) is 6.42 Å². The zero-order valence-corrected chi connectivity index (χ0v) is 13.2. The summed E-state index contributed by atoms with van der Waals surface area (Å²) in [7, 11) is 0. The van der Waals surface area contributed by atoms with E-state index < -0.39 is 0 Å². The first-order chi connectivity index (χ1) is 11.7. The van der Waals surface area contributed by atoms with Crippen molar-refractivity contribution in [3.8, 4) is 0 Å². The normalized spacial score (nSPS) is 16.9. The summed E-state index contributed by atoms with van der Waals surface area (Å²) >= 11 is 0. The molecule has 1 atom stereocenters. The summed E-state index contributed by atoms with van der Waals surface area (Å²) in [5.41, 5.74) is 0.834. The first-order valence-corrected chi connectivity index (χ1v) is 7.88. The fraction of sp³-hybridized carbons (Fsp3) is 0.294. The minimum Gasteiger partial charge on any atom is -0.354 e. The largest absolute Gasteiger partial charge is 0.354 e. The van der Waals surface area contributed by atoms with Crippen molar-refractivity contribution in [2.24, 2.45) is 5.92 Å². The van der Waals surface area contributed by atoms with E-state index in [1.54, 1.807) is 23.4 Å². The number of nitrogens with one attached hydrogen (secondary N) is 2. The summed E-state index contributed by atoms with van der Waals surface area (Å²) in [4.78, 5) is 34.1. The third-order valence-electron chi connectivity index (χ3n) is 3.84. The average Bonchev–Trinajstić information content (AvgIpc) is 3.02. The topological polar surface area (TPSA) is 87.2 Å². The van der Waals surface area contributed by atoms with Crippen LogP contribution in [0.25, 0.3) is 0 Å². The molecule has 1 aliphatic rings. The number of rotatable bonds is 6. The number of carbonyl (C=O) groups is 2. The van der Waals surface area contributed by atoms with Crippen molar-refractivity contribution in [3.05, 3.63) is 48.8 Å². The van der Waals surface area contributed by atoms with Crippen LogP contribution < -0.4 is 15.5 Å². The summed E-state index contributed by atoms with van der Waals surface area (Å²) in [6, 6.07) is 11.2. The number of hydrogen-bond acceptors (Lipinski definition) is 5. The maximum atomic E-state index is 12.2. The van der Waals surface area contributed by atoms with Crippen molar-refractivity contribution in [3.63, 3.8) is 0 Å². The van der Waals surface area contributed by atoms with Crippen LogP contribution in [0.4, 0.5) is 11.6 Å². The predicted octanol–water partition coefficient (Wildman–Crippen LogP) is 1.06. The van der Waals surface area contributed by atoms with Crippen molar-refractivity contribution < 1.29 is 9.59 Å². The molecule has 1 aromatic carbocycles. The SMILES string of the molecule is O=C(NCCNc1ncccn1)[C@H]1CC(=O)N(c2ccccc2)C1. The van der Waals surface area contributed by atoms with Crippen LogP contribution in [0.5, 0.6) is 0 Å². The molecule has 1 saturated heterocycles. The maximum Gasteiger partial charge on any atom is 0.227 e. The second-order valence-corrected chi connectivity index (χ2v) is 5.53. The van der Waals surface area contributed by atoms with Gasteiger partial charge in [-0.25, -0.2) is 9.97 Å². The summed E-state index contributed by atoms with van der Waals surface area (Å²) in [5.74, 6) is 0.0958. The fourth-order valence-corrected chi connectivity index (χ4v) is 2.64. The number of nitrogens with zero attached hydrogens (tertiary/aromatic N) is 3. The lowest BCUT2D eigenvalue weighted by molar-refractivity contribution is -0.126. The summed E-state index contributed by atoms with van der Waals surface area (Å²) in [5, 5.41) is 5.87. The molecule has 1 fully saturated rings. The van der Waals surface area contributed by atoms with Gasteiger partial charge >= 0.3 is 0 Å². The molecule has 2 amide bonds. The molecule has 0 radical (unpaired) electrons. The number of carbonyl (C=O) groups excluding carboxylic acids is 2. The molecule has 2 aromatic rings. The molecule has 0 unspecified atom stereocenters.